The van der Waals surface area contributed by atoms with Crippen LogP contribution >= 0.6 is 11.6 Å². The molecule has 3 heterocycles. The normalized spacial score (nSPS) is 22.4. The second-order valence-corrected chi connectivity index (χ2v) is 14.7. The van der Waals surface area contributed by atoms with E-state index in [9.17, 15) is 10.1 Å². The first-order valence-electron chi connectivity index (χ1n) is 17.1. The minimum atomic E-state index is -0.405. The zero-order valence-corrected chi connectivity index (χ0v) is 29.8. The fourth-order valence-corrected chi connectivity index (χ4v) is 7.97. The molecule has 1 aromatic carbocycles. The van der Waals surface area contributed by atoms with Gasteiger partial charge in [-0.05, 0) is 30.9 Å². The second kappa shape index (κ2) is 16.0. The van der Waals surface area contributed by atoms with Gasteiger partial charge < -0.3 is 39.4 Å². The number of aromatic nitrogens is 1. The lowest BCUT2D eigenvalue weighted by molar-refractivity contribution is -0.164. The van der Waals surface area contributed by atoms with Crippen molar-refractivity contribution in [3.05, 3.63) is 46.6 Å². The number of carbonyl (C=O) groups excluding carboxylic acids is 1. The molecule has 0 radical (unpaired) electrons. The summed E-state index contributed by atoms with van der Waals surface area (Å²) in [7, 11) is 1.64. The number of halogens is 1. The Labute approximate surface area is 290 Å². The molecule has 2 aromatic rings. The highest BCUT2D eigenvalue weighted by Crippen LogP contribution is 2.55. The van der Waals surface area contributed by atoms with Crippen LogP contribution in [0.2, 0.25) is 5.02 Å². The summed E-state index contributed by atoms with van der Waals surface area (Å²) in [5, 5.41) is 16.3. The molecule has 1 amide bonds. The maximum atomic E-state index is 13.9. The third-order valence-corrected chi connectivity index (χ3v) is 10.4. The van der Waals surface area contributed by atoms with Crippen LogP contribution in [-0.2, 0) is 9.47 Å². The summed E-state index contributed by atoms with van der Waals surface area (Å²) < 4.78 is 23.3. The van der Waals surface area contributed by atoms with Crippen molar-refractivity contribution < 1.29 is 23.7 Å². The molecular formula is C36H51ClN6O5. The van der Waals surface area contributed by atoms with Crippen LogP contribution in [-0.4, -0.2) is 107 Å². The minimum absolute atomic E-state index is 0.198. The molecule has 2 N–H and O–H groups in total. The van der Waals surface area contributed by atoms with Gasteiger partial charge in [-0.2, -0.15) is 5.26 Å². The Morgan fingerprint density at radius 1 is 1.06 bits per heavy atom. The van der Waals surface area contributed by atoms with Gasteiger partial charge in [0.15, 0.2) is 0 Å². The van der Waals surface area contributed by atoms with Crippen LogP contribution in [0.4, 0.5) is 5.82 Å². The number of piperazine rings is 1. The number of nitriles is 1. The molecule has 5 rings (SSSR count). The van der Waals surface area contributed by atoms with E-state index >= 15 is 0 Å². The number of benzene rings is 1. The number of ether oxygens (including phenoxy) is 4. The van der Waals surface area contributed by atoms with Gasteiger partial charge in [0, 0.05) is 88.1 Å². The molecule has 0 spiro atoms. The van der Waals surface area contributed by atoms with Crippen LogP contribution in [0, 0.1) is 28.1 Å². The van der Waals surface area contributed by atoms with Crippen molar-refractivity contribution >= 4 is 23.3 Å². The van der Waals surface area contributed by atoms with Gasteiger partial charge in [0.25, 0.3) is 5.91 Å². The predicted molar refractivity (Wildman–Crippen MR) is 186 cm³/mol. The van der Waals surface area contributed by atoms with Crippen LogP contribution in [0.25, 0.3) is 0 Å². The van der Waals surface area contributed by atoms with Gasteiger partial charge in [-0.25, -0.2) is 4.98 Å². The van der Waals surface area contributed by atoms with Crippen molar-refractivity contribution in [2.75, 3.05) is 84.3 Å². The van der Waals surface area contributed by atoms with Crippen molar-refractivity contribution in [1.29, 1.82) is 5.26 Å². The number of hydrogen-bond acceptors (Lipinski definition) is 10. The van der Waals surface area contributed by atoms with Crippen LogP contribution in [0.1, 0.15) is 56.5 Å². The van der Waals surface area contributed by atoms with Gasteiger partial charge in [0.1, 0.15) is 36.1 Å². The SMILES string of the molecule is COCCOCCOc1cc(N2CCC(CN3CCNCC3)CC2)ncc1C(=O)NC1C(C)(C)C(Oc2ccc(C#N)c(Cl)c2)C1(C)C. The Hall–Kier alpha value is -3.14. The average molecular weight is 683 g/mol. The van der Waals surface area contributed by atoms with Crippen molar-refractivity contribution in [1.82, 2.24) is 20.5 Å². The number of nitrogens with zero attached hydrogens (tertiary/aromatic N) is 4. The third kappa shape index (κ3) is 8.35. The van der Waals surface area contributed by atoms with Gasteiger partial charge in [-0.1, -0.05) is 39.3 Å². The van der Waals surface area contributed by atoms with Gasteiger partial charge in [0.05, 0.1) is 36.0 Å². The number of piperidine rings is 1. The first kappa shape index (κ1) is 36.1. The maximum Gasteiger partial charge on any atom is 0.256 e. The first-order valence-corrected chi connectivity index (χ1v) is 17.5. The molecule has 3 fully saturated rings. The van der Waals surface area contributed by atoms with Crippen LogP contribution in [0.3, 0.4) is 0 Å². The lowest BCUT2D eigenvalue weighted by Gasteiger charge is -2.63. The summed E-state index contributed by atoms with van der Waals surface area (Å²) in [6.45, 7) is 17.4. The Morgan fingerprint density at radius 2 is 1.77 bits per heavy atom. The summed E-state index contributed by atoms with van der Waals surface area (Å²) >= 11 is 6.27. The van der Waals surface area contributed by atoms with Crippen molar-refractivity contribution in [2.24, 2.45) is 16.7 Å². The predicted octanol–water partition coefficient (Wildman–Crippen LogP) is 4.38. The molecule has 3 aliphatic rings. The first-order chi connectivity index (χ1) is 23.0. The molecule has 262 valence electrons. The Morgan fingerprint density at radius 3 is 2.44 bits per heavy atom. The molecule has 1 aromatic heterocycles. The summed E-state index contributed by atoms with van der Waals surface area (Å²) in [6.07, 6.45) is 3.65. The zero-order chi connectivity index (χ0) is 34.3. The summed E-state index contributed by atoms with van der Waals surface area (Å²) in [5.74, 6) is 2.34. The van der Waals surface area contributed by atoms with Crippen molar-refractivity contribution in [3.63, 3.8) is 0 Å². The number of pyridine rings is 1. The summed E-state index contributed by atoms with van der Waals surface area (Å²) in [5.41, 5.74) is -0.0223. The molecule has 0 atom stereocenters. The van der Waals surface area contributed by atoms with E-state index in [1.165, 1.54) is 0 Å². The van der Waals surface area contributed by atoms with Crippen molar-refractivity contribution in [2.45, 2.75) is 52.7 Å². The lowest BCUT2D eigenvalue weighted by Crippen LogP contribution is -2.74. The van der Waals surface area contributed by atoms with E-state index in [4.69, 9.17) is 35.5 Å². The molecule has 48 heavy (non-hydrogen) atoms. The second-order valence-electron chi connectivity index (χ2n) is 14.3. The van der Waals surface area contributed by atoms with Gasteiger partial charge in [0.2, 0.25) is 0 Å². The van der Waals surface area contributed by atoms with Crippen LogP contribution in [0.15, 0.2) is 30.5 Å². The van der Waals surface area contributed by atoms with Crippen molar-refractivity contribution in [3.8, 4) is 17.6 Å². The Balaban J connectivity index is 1.26. The number of nitrogens with one attached hydrogen (secondary N) is 2. The number of amides is 1. The molecule has 2 saturated heterocycles. The van der Waals surface area contributed by atoms with E-state index in [1.807, 2.05) is 6.07 Å². The number of rotatable bonds is 14. The zero-order valence-electron chi connectivity index (χ0n) is 29.0. The number of methoxy groups -OCH3 is 1. The molecule has 1 saturated carbocycles. The number of hydrogen-bond donors (Lipinski definition) is 2. The maximum absolute atomic E-state index is 13.9. The van der Waals surface area contributed by atoms with E-state index in [2.05, 4.69) is 54.2 Å². The van der Waals surface area contributed by atoms with E-state index in [1.54, 1.807) is 31.5 Å². The van der Waals surface area contributed by atoms with E-state index in [-0.39, 0.29) is 18.1 Å². The molecule has 0 unspecified atom stereocenters. The highest BCUT2D eigenvalue weighted by molar-refractivity contribution is 6.31. The molecule has 11 nitrogen and oxygen atoms in total. The van der Waals surface area contributed by atoms with Gasteiger partial charge in [-0.3, -0.25) is 4.79 Å². The monoisotopic (exact) mass is 682 g/mol. The Bertz CT molecular complexity index is 1420. The number of anilines is 1. The smallest absolute Gasteiger partial charge is 0.256 e. The lowest BCUT2D eigenvalue weighted by atomic mass is 9.49. The summed E-state index contributed by atoms with van der Waals surface area (Å²) in [6, 6.07) is 8.87. The van der Waals surface area contributed by atoms with Crippen LogP contribution < -0.4 is 25.0 Å². The largest absolute Gasteiger partial charge is 0.490 e. The quantitative estimate of drug-likeness (QED) is 0.278. The highest BCUT2D eigenvalue weighted by Gasteiger charge is 2.64. The van der Waals surface area contributed by atoms with E-state index < -0.39 is 10.8 Å². The highest BCUT2D eigenvalue weighted by atomic mass is 35.5. The standard InChI is InChI=1S/C36H51ClN6O5/c1-35(2)33(36(3,4)34(35)48-27-7-6-26(22-38)29(37)20-27)41-32(44)28-23-40-31(21-30(28)47-19-18-46-17-16-45-5)43-12-8-25(9-13-43)24-42-14-10-39-11-15-42/h6-7,20-21,23,25,33-34,39H,8-19,24H2,1-5H3,(H,41,44). The molecule has 12 heteroatoms. The fourth-order valence-electron chi connectivity index (χ4n) is 7.75. The third-order valence-electron chi connectivity index (χ3n) is 10.1. The van der Waals surface area contributed by atoms with E-state index in [0.29, 0.717) is 60.0 Å². The molecule has 2 aliphatic heterocycles. The summed E-state index contributed by atoms with van der Waals surface area (Å²) in [4.78, 5) is 23.6. The van der Waals surface area contributed by atoms with E-state index in [0.717, 1.165) is 64.5 Å². The number of carbonyl (C=O) groups is 1. The molecular weight excluding hydrogens is 632 g/mol. The fraction of sp³-hybridized carbons (Fsp3) is 0.639. The Kier molecular flexibility index (Phi) is 12.1. The van der Waals surface area contributed by atoms with Crippen LogP contribution in [0.5, 0.6) is 11.5 Å². The minimum Gasteiger partial charge on any atom is -0.490 e. The van der Waals surface area contributed by atoms with Gasteiger partial charge in [-0.15, -0.1) is 0 Å². The molecule has 1 aliphatic carbocycles. The topological polar surface area (TPSA) is 121 Å². The molecule has 0 bridgehead atoms. The van der Waals surface area contributed by atoms with Gasteiger partial charge >= 0.3 is 0 Å². The average Bonchev–Trinajstić information content (AvgIpc) is 3.08.